The molecule has 0 saturated carbocycles. The minimum absolute atomic E-state index is 0.126. The van der Waals surface area contributed by atoms with Crippen LogP contribution in [-0.2, 0) is 11.3 Å². The number of morpholine rings is 1. The molecule has 2 rings (SSSR count). The number of nitrogens with zero attached hydrogens (tertiary/aromatic N) is 3. The molecular formula is C11H16ClN3O. The Morgan fingerprint density at radius 1 is 1.50 bits per heavy atom. The van der Waals surface area contributed by atoms with Gasteiger partial charge in [0.25, 0.3) is 0 Å². The third-order valence-corrected chi connectivity index (χ3v) is 3.11. The van der Waals surface area contributed by atoms with Crippen molar-refractivity contribution in [2.45, 2.75) is 25.6 Å². The number of halogens is 1. The van der Waals surface area contributed by atoms with E-state index in [-0.39, 0.29) is 6.10 Å². The predicted molar refractivity (Wildman–Crippen MR) is 62.4 cm³/mol. The van der Waals surface area contributed by atoms with Crippen LogP contribution < -0.4 is 0 Å². The minimum Gasteiger partial charge on any atom is -0.374 e. The maximum Gasteiger partial charge on any atom is 0.142 e. The first kappa shape index (κ1) is 11.8. The van der Waals surface area contributed by atoms with Crippen molar-refractivity contribution in [1.82, 2.24) is 14.9 Å². The van der Waals surface area contributed by atoms with Crippen LogP contribution in [0.5, 0.6) is 0 Å². The van der Waals surface area contributed by atoms with E-state index in [1.165, 1.54) is 0 Å². The largest absolute Gasteiger partial charge is 0.374 e. The van der Waals surface area contributed by atoms with Crippen LogP contribution in [-0.4, -0.2) is 46.0 Å². The van der Waals surface area contributed by atoms with Gasteiger partial charge in [0, 0.05) is 30.9 Å². The first-order valence-electron chi connectivity index (χ1n) is 5.47. The Hall–Kier alpha value is -0.710. The highest BCUT2D eigenvalue weighted by Gasteiger charge is 2.25. The second kappa shape index (κ2) is 5.57. The summed E-state index contributed by atoms with van der Waals surface area (Å²) >= 11 is 5.81. The van der Waals surface area contributed by atoms with Crippen molar-refractivity contribution in [3.63, 3.8) is 0 Å². The van der Waals surface area contributed by atoms with Gasteiger partial charge in [0.1, 0.15) is 5.82 Å². The summed E-state index contributed by atoms with van der Waals surface area (Å²) in [6, 6.07) is 2.22. The Bertz CT molecular complexity index is 322. The van der Waals surface area contributed by atoms with E-state index in [9.17, 15) is 0 Å². The zero-order valence-electron chi connectivity index (χ0n) is 9.34. The molecule has 1 fully saturated rings. The molecule has 1 aliphatic rings. The van der Waals surface area contributed by atoms with E-state index in [0.717, 1.165) is 25.5 Å². The van der Waals surface area contributed by atoms with E-state index in [0.29, 0.717) is 11.9 Å². The van der Waals surface area contributed by atoms with Crippen LogP contribution in [0.15, 0.2) is 18.5 Å². The molecule has 1 aromatic rings. The van der Waals surface area contributed by atoms with Gasteiger partial charge in [-0.05, 0) is 13.0 Å². The fraction of sp³-hybridized carbons (Fsp3) is 0.636. The van der Waals surface area contributed by atoms with Crippen molar-refractivity contribution in [2.24, 2.45) is 0 Å². The van der Waals surface area contributed by atoms with Gasteiger partial charge < -0.3 is 4.74 Å². The number of hydrogen-bond acceptors (Lipinski definition) is 4. The van der Waals surface area contributed by atoms with E-state index < -0.39 is 0 Å². The Morgan fingerprint density at radius 3 is 2.94 bits per heavy atom. The van der Waals surface area contributed by atoms with Crippen LogP contribution in [0.4, 0.5) is 0 Å². The molecule has 0 spiro atoms. The first-order valence-corrected chi connectivity index (χ1v) is 6.00. The molecule has 1 saturated heterocycles. The van der Waals surface area contributed by atoms with Gasteiger partial charge in [-0.25, -0.2) is 9.97 Å². The molecule has 0 aliphatic carbocycles. The van der Waals surface area contributed by atoms with Crippen molar-refractivity contribution < 1.29 is 4.74 Å². The maximum absolute atomic E-state index is 5.81. The average Bonchev–Trinajstić information content (AvgIpc) is 2.33. The van der Waals surface area contributed by atoms with Crippen molar-refractivity contribution in [3.05, 3.63) is 24.3 Å². The molecule has 1 aliphatic heterocycles. The molecule has 0 N–H and O–H groups in total. The van der Waals surface area contributed by atoms with Crippen molar-refractivity contribution in [1.29, 1.82) is 0 Å². The van der Waals surface area contributed by atoms with Crippen molar-refractivity contribution in [2.75, 3.05) is 19.0 Å². The zero-order valence-corrected chi connectivity index (χ0v) is 10.1. The Kier molecular flexibility index (Phi) is 4.09. The Balaban J connectivity index is 1.97. The van der Waals surface area contributed by atoms with Crippen molar-refractivity contribution in [3.8, 4) is 0 Å². The molecule has 16 heavy (non-hydrogen) atoms. The molecular weight excluding hydrogens is 226 g/mol. The molecule has 0 amide bonds. The van der Waals surface area contributed by atoms with Gasteiger partial charge in [-0.15, -0.1) is 11.6 Å². The standard InChI is InChI=1S/C11H16ClN3O/c1-9-8-16-10(5-12)6-15(9)7-11-13-3-2-4-14-11/h2-4,9-10H,5-8H2,1H3. The summed E-state index contributed by atoms with van der Waals surface area (Å²) in [5.74, 6) is 1.39. The van der Waals surface area contributed by atoms with Gasteiger partial charge in [-0.1, -0.05) is 0 Å². The summed E-state index contributed by atoms with van der Waals surface area (Å²) in [5.41, 5.74) is 0. The Morgan fingerprint density at radius 2 is 2.25 bits per heavy atom. The number of ether oxygens (including phenoxy) is 1. The third-order valence-electron chi connectivity index (χ3n) is 2.77. The molecule has 2 heterocycles. The van der Waals surface area contributed by atoms with E-state index in [2.05, 4.69) is 21.8 Å². The van der Waals surface area contributed by atoms with E-state index >= 15 is 0 Å². The molecule has 1 aromatic heterocycles. The SMILES string of the molecule is CC1COC(CCl)CN1Cc1ncccn1. The predicted octanol–water partition coefficient (Wildman–Crippen LogP) is 1.30. The summed E-state index contributed by atoms with van der Waals surface area (Å²) < 4.78 is 5.59. The van der Waals surface area contributed by atoms with E-state index in [1.807, 2.05) is 6.07 Å². The third kappa shape index (κ3) is 2.90. The highest BCUT2D eigenvalue weighted by atomic mass is 35.5. The summed E-state index contributed by atoms with van der Waals surface area (Å²) in [6.45, 7) is 4.49. The lowest BCUT2D eigenvalue weighted by Gasteiger charge is -2.36. The normalized spacial score (nSPS) is 26.9. The van der Waals surface area contributed by atoms with E-state index in [1.54, 1.807) is 12.4 Å². The monoisotopic (exact) mass is 241 g/mol. The summed E-state index contributed by atoms with van der Waals surface area (Å²) in [6.07, 6.45) is 3.67. The highest BCUT2D eigenvalue weighted by Crippen LogP contribution is 2.14. The van der Waals surface area contributed by atoms with E-state index in [4.69, 9.17) is 16.3 Å². The number of alkyl halides is 1. The molecule has 4 nitrogen and oxygen atoms in total. The molecule has 88 valence electrons. The number of rotatable bonds is 3. The highest BCUT2D eigenvalue weighted by molar-refractivity contribution is 6.18. The first-order chi connectivity index (χ1) is 7.79. The summed E-state index contributed by atoms with van der Waals surface area (Å²) in [4.78, 5) is 10.8. The maximum atomic E-state index is 5.81. The molecule has 5 heteroatoms. The lowest BCUT2D eigenvalue weighted by atomic mass is 10.2. The second-order valence-corrected chi connectivity index (χ2v) is 4.36. The van der Waals surface area contributed by atoms with Gasteiger partial charge in [-0.3, -0.25) is 4.90 Å². The lowest BCUT2D eigenvalue weighted by molar-refractivity contribution is -0.0519. The van der Waals surface area contributed by atoms with Gasteiger partial charge in [0.05, 0.1) is 19.3 Å². The lowest BCUT2D eigenvalue weighted by Crippen LogP contribution is -2.48. The Labute approximate surface area is 101 Å². The van der Waals surface area contributed by atoms with Crippen LogP contribution in [0.25, 0.3) is 0 Å². The molecule has 0 aromatic carbocycles. The number of aromatic nitrogens is 2. The fourth-order valence-electron chi connectivity index (χ4n) is 1.78. The van der Waals surface area contributed by atoms with Gasteiger partial charge in [0.15, 0.2) is 0 Å². The van der Waals surface area contributed by atoms with Crippen LogP contribution in [0, 0.1) is 0 Å². The molecule has 0 radical (unpaired) electrons. The zero-order chi connectivity index (χ0) is 11.4. The van der Waals surface area contributed by atoms with Gasteiger partial charge >= 0.3 is 0 Å². The molecule has 2 unspecified atom stereocenters. The van der Waals surface area contributed by atoms with Crippen LogP contribution >= 0.6 is 11.6 Å². The summed E-state index contributed by atoms with van der Waals surface area (Å²) in [5, 5.41) is 0. The van der Waals surface area contributed by atoms with Crippen LogP contribution in [0.3, 0.4) is 0 Å². The van der Waals surface area contributed by atoms with Crippen molar-refractivity contribution >= 4 is 11.6 Å². The number of hydrogen-bond donors (Lipinski definition) is 0. The van der Waals surface area contributed by atoms with Gasteiger partial charge in [-0.2, -0.15) is 0 Å². The topological polar surface area (TPSA) is 38.2 Å². The fourth-order valence-corrected chi connectivity index (χ4v) is 1.97. The van der Waals surface area contributed by atoms with Gasteiger partial charge in [0.2, 0.25) is 0 Å². The molecule has 2 atom stereocenters. The van der Waals surface area contributed by atoms with Crippen LogP contribution in [0.2, 0.25) is 0 Å². The minimum atomic E-state index is 0.126. The molecule has 0 bridgehead atoms. The average molecular weight is 242 g/mol. The van der Waals surface area contributed by atoms with Crippen LogP contribution in [0.1, 0.15) is 12.7 Å². The smallest absolute Gasteiger partial charge is 0.142 e. The second-order valence-electron chi connectivity index (χ2n) is 4.05. The quantitative estimate of drug-likeness (QED) is 0.748. The summed E-state index contributed by atoms with van der Waals surface area (Å²) in [7, 11) is 0.